The number of amides is 1. The predicted octanol–water partition coefficient (Wildman–Crippen LogP) is 3.72. The number of carbonyl (C=O) groups excluding carboxylic acids is 1. The van der Waals surface area contributed by atoms with E-state index >= 15 is 0 Å². The van der Waals surface area contributed by atoms with Crippen LogP contribution in [0, 0.1) is 36.4 Å². The van der Waals surface area contributed by atoms with Gasteiger partial charge in [-0.15, -0.1) is 11.3 Å². The number of nitrogens with one attached hydrogen (secondary N) is 1. The van der Waals surface area contributed by atoms with E-state index in [0.29, 0.717) is 17.2 Å². The van der Waals surface area contributed by atoms with Crippen molar-refractivity contribution in [3.05, 3.63) is 47.1 Å². The maximum atomic E-state index is 13.1. The van der Waals surface area contributed by atoms with Crippen molar-refractivity contribution in [2.45, 2.75) is 13.3 Å². The molecule has 1 aromatic heterocycles. The molecule has 134 valence electrons. The molecule has 0 radical (unpaired) electrons. The second-order valence-electron chi connectivity index (χ2n) is 6.76. The van der Waals surface area contributed by atoms with Crippen LogP contribution < -0.4 is 5.32 Å². The van der Waals surface area contributed by atoms with Crippen LogP contribution in [0.4, 0.5) is 9.52 Å². The largest absolute Gasteiger partial charge is 0.481 e. The van der Waals surface area contributed by atoms with Crippen LogP contribution in [0.15, 0.2) is 36.4 Å². The van der Waals surface area contributed by atoms with Gasteiger partial charge in [-0.2, -0.15) is 0 Å². The smallest absolute Gasteiger partial charge is 0.307 e. The number of rotatable bonds is 4. The molecule has 1 saturated carbocycles. The number of hydrogen-bond donors (Lipinski definition) is 2. The van der Waals surface area contributed by atoms with E-state index in [9.17, 15) is 19.1 Å². The van der Waals surface area contributed by atoms with Gasteiger partial charge >= 0.3 is 5.97 Å². The molecule has 1 heterocycles. The molecule has 1 amide bonds. The van der Waals surface area contributed by atoms with E-state index in [2.05, 4.69) is 10.3 Å². The highest BCUT2D eigenvalue weighted by Gasteiger charge is 2.51. The predicted molar refractivity (Wildman–Crippen MR) is 96.2 cm³/mol. The number of thiazole rings is 1. The van der Waals surface area contributed by atoms with Gasteiger partial charge in [-0.1, -0.05) is 12.2 Å². The maximum absolute atomic E-state index is 13.1. The highest BCUT2D eigenvalue weighted by atomic mass is 32.1. The van der Waals surface area contributed by atoms with E-state index in [0.717, 1.165) is 10.4 Å². The first-order valence-electron chi connectivity index (χ1n) is 8.39. The van der Waals surface area contributed by atoms with Crippen LogP contribution in [0.3, 0.4) is 0 Å². The fourth-order valence-corrected chi connectivity index (χ4v) is 4.87. The van der Waals surface area contributed by atoms with Gasteiger partial charge in [0.2, 0.25) is 5.91 Å². The average Bonchev–Trinajstić information content (AvgIpc) is 3.29. The van der Waals surface area contributed by atoms with Crippen LogP contribution in [0.1, 0.15) is 11.3 Å². The summed E-state index contributed by atoms with van der Waals surface area (Å²) in [5.74, 6) is -2.89. The summed E-state index contributed by atoms with van der Waals surface area (Å²) in [5, 5.41) is 12.7. The molecule has 2 bridgehead atoms. The number of anilines is 1. The summed E-state index contributed by atoms with van der Waals surface area (Å²) in [6.07, 6.45) is 4.57. The van der Waals surface area contributed by atoms with Crippen molar-refractivity contribution < 1.29 is 19.1 Å². The number of benzene rings is 1. The van der Waals surface area contributed by atoms with E-state index in [4.69, 9.17) is 0 Å². The number of fused-ring (bicyclic) bond motifs is 2. The fraction of sp³-hybridized carbons (Fsp3) is 0.316. The van der Waals surface area contributed by atoms with Crippen LogP contribution in [-0.2, 0) is 9.59 Å². The third kappa shape index (κ3) is 2.82. The molecular formula is C19H17FN2O3S. The van der Waals surface area contributed by atoms with Crippen molar-refractivity contribution in [1.29, 1.82) is 0 Å². The van der Waals surface area contributed by atoms with Crippen LogP contribution >= 0.6 is 11.3 Å². The quantitative estimate of drug-likeness (QED) is 0.802. The Morgan fingerprint density at radius 1 is 1.19 bits per heavy atom. The molecule has 4 atom stereocenters. The molecule has 2 N–H and O–H groups in total. The van der Waals surface area contributed by atoms with Crippen molar-refractivity contribution in [1.82, 2.24) is 4.98 Å². The Morgan fingerprint density at radius 2 is 1.85 bits per heavy atom. The highest BCUT2D eigenvalue weighted by molar-refractivity contribution is 7.16. The third-order valence-electron chi connectivity index (χ3n) is 5.19. The van der Waals surface area contributed by atoms with Crippen molar-refractivity contribution in [2.24, 2.45) is 23.7 Å². The Bertz CT molecular complexity index is 906. The molecule has 0 spiro atoms. The Hall–Kier alpha value is -2.54. The minimum atomic E-state index is -0.927. The Labute approximate surface area is 153 Å². The van der Waals surface area contributed by atoms with Crippen molar-refractivity contribution in [3.63, 3.8) is 0 Å². The third-order valence-corrected chi connectivity index (χ3v) is 6.08. The van der Waals surface area contributed by atoms with Gasteiger partial charge in [0.1, 0.15) is 5.82 Å². The van der Waals surface area contributed by atoms with Gasteiger partial charge in [0, 0.05) is 10.4 Å². The first-order valence-corrected chi connectivity index (χ1v) is 9.21. The van der Waals surface area contributed by atoms with Gasteiger partial charge in [-0.3, -0.25) is 9.59 Å². The summed E-state index contributed by atoms with van der Waals surface area (Å²) in [6, 6.07) is 6.02. The number of halogens is 1. The summed E-state index contributed by atoms with van der Waals surface area (Å²) in [7, 11) is 0. The number of carbonyl (C=O) groups is 2. The van der Waals surface area contributed by atoms with Gasteiger partial charge in [0.15, 0.2) is 5.13 Å². The Kier molecular flexibility index (Phi) is 4.11. The van der Waals surface area contributed by atoms with Gasteiger partial charge in [0.25, 0.3) is 0 Å². The number of aliphatic carboxylic acids is 1. The molecule has 2 aliphatic carbocycles. The minimum Gasteiger partial charge on any atom is -0.481 e. The average molecular weight is 372 g/mol. The molecule has 5 nitrogen and oxygen atoms in total. The summed E-state index contributed by atoms with van der Waals surface area (Å²) >= 11 is 1.33. The topological polar surface area (TPSA) is 79.3 Å². The van der Waals surface area contributed by atoms with Crippen LogP contribution in [0.25, 0.3) is 11.3 Å². The molecule has 0 saturated heterocycles. The van der Waals surface area contributed by atoms with Gasteiger partial charge in [0.05, 0.1) is 17.5 Å². The zero-order chi connectivity index (χ0) is 18.4. The first kappa shape index (κ1) is 16.9. The summed E-state index contributed by atoms with van der Waals surface area (Å²) in [6.45, 7) is 1.88. The van der Waals surface area contributed by atoms with Gasteiger partial charge in [-0.25, -0.2) is 9.37 Å². The zero-order valence-corrected chi connectivity index (χ0v) is 14.8. The number of allylic oxidation sites excluding steroid dienone is 2. The molecule has 4 rings (SSSR count). The van der Waals surface area contributed by atoms with Crippen LogP contribution in [0.5, 0.6) is 0 Å². The minimum absolute atomic E-state index is 0.0290. The molecule has 2 aromatic rings. The number of hydrogen-bond acceptors (Lipinski definition) is 4. The molecule has 26 heavy (non-hydrogen) atoms. The maximum Gasteiger partial charge on any atom is 0.307 e. The second-order valence-corrected chi connectivity index (χ2v) is 7.96. The molecule has 1 fully saturated rings. The molecule has 0 unspecified atom stereocenters. The lowest BCUT2D eigenvalue weighted by Crippen LogP contribution is -2.36. The van der Waals surface area contributed by atoms with Crippen molar-refractivity contribution >= 4 is 28.3 Å². The van der Waals surface area contributed by atoms with E-state index in [1.807, 2.05) is 19.1 Å². The Morgan fingerprint density at radius 3 is 2.50 bits per heavy atom. The molecule has 7 heteroatoms. The number of carboxylic acid groups (broad SMARTS) is 1. The number of aryl methyl sites for hydroxylation is 1. The summed E-state index contributed by atoms with van der Waals surface area (Å²) in [5.41, 5.74) is 1.46. The van der Waals surface area contributed by atoms with Crippen molar-refractivity contribution in [3.8, 4) is 11.3 Å². The highest BCUT2D eigenvalue weighted by Crippen LogP contribution is 2.48. The summed E-state index contributed by atoms with van der Waals surface area (Å²) in [4.78, 5) is 29.7. The fourth-order valence-electron chi connectivity index (χ4n) is 4.03. The zero-order valence-electron chi connectivity index (χ0n) is 14.0. The Balaban J connectivity index is 1.55. The second kappa shape index (κ2) is 6.32. The number of aromatic nitrogens is 1. The molecule has 1 aromatic carbocycles. The van der Waals surface area contributed by atoms with E-state index in [1.54, 1.807) is 12.1 Å². The van der Waals surface area contributed by atoms with Crippen LogP contribution in [0.2, 0.25) is 0 Å². The number of nitrogens with zero attached hydrogens (tertiary/aromatic N) is 1. The van der Waals surface area contributed by atoms with Gasteiger partial charge < -0.3 is 10.4 Å². The number of carboxylic acids is 1. The normalized spacial score (nSPS) is 26.2. The summed E-state index contributed by atoms with van der Waals surface area (Å²) < 4.78 is 13.1. The molecular weight excluding hydrogens is 355 g/mol. The molecule has 2 aliphatic rings. The standard InChI is InChI=1S/C19H17FN2O3S/c1-9-16(10-4-6-13(20)7-5-10)21-19(26-9)22-17(23)14-11-2-3-12(8-11)15(14)18(24)25/h2-7,11-12,14-15H,8H2,1H3,(H,24,25)(H,21,22,23)/t11-,12+,14-,15+/m1/s1. The first-order chi connectivity index (χ1) is 12.4. The van der Waals surface area contributed by atoms with E-state index in [-0.39, 0.29) is 23.6 Å². The molecule has 0 aliphatic heterocycles. The van der Waals surface area contributed by atoms with E-state index < -0.39 is 17.8 Å². The van der Waals surface area contributed by atoms with Crippen molar-refractivity contribution in [2.75, 3.05) is 5.32 Å². The van der Waals surface area contributed by atoms with Crippen LogP contribution in [-0.4, -0.2) is 22.0 Å². The lowest BCUT2D eigenvalue weighted by molar-refractivity contribution is -0.146. The SMILES string of the molecule is Cc1sc(NC(=O)[C@H]2[C@@H](C(=O)O)[C@H]3C=C[C@@H]2C3)nc1-c1ccc(F)cc1. The van der Waals surface area contributed by atoms with E-state index in [1.165, 1.54) is 23.5 Å². The van der Waals surface area contributed by atoms with Gasteiger partial charge in [-0.05, 0) is 49.4 Å². The monoisotopic (exact) mass is 372 g/mol. The lowest BCUT2D eigenvalue weighted by atomic mass is 9.82. The lowest BCUT2D eigenvalue weighted by Gasteiger charge is -2.23.